The van der Waals surface area contributed by atoms with Gasteiger partial charge < -0.3 is 65.5 Å². The molecule has 1 amide bonds. The Balaban J connectivity index is 2.11. The van der Waals surface area contributed by atoms with Crippen LogP contribution in [0.5, 0.6) is 0 Å². The van der Waals surface area contributed by atoms with E-state index in [4.69, 9.17) is 24.4 Å². The molecule has 0 unspecified atom stereocenters. The first-order valence-electron chi connectivity index (χ1n) is 9.69. The normalized spacial score (nSPS) is 42.2. The van der Waals surface area contributed by atoms with Crippen LogP contribution >= 0.6 is 0 Å². The smallest absolute Gasteiger partial charge is 0.364 e. The maximum atomic E-state index is 11.4. The van der Waals surface area contributed by atoms with Crippen LogP contribution in [0, 0.1) is 0 Å². The van der Waals surface area contributed by atoms with Crippen molar-refractivity contribution in [1.82, 2.24) is 5.32 Å². The van der Waals surface area contributed by atoms with Crippen molar-refractivity contribution < 1.29 is 69.8 Å². The molecule has 0 aliphatic carbocycles. The van der Waals surface area contributed by atoms with Gasteiger partial charge in [0.2, 0.25) is 5.91 Å². The summed E-state index contributed by atoms with van der Waals surface area (Å²) in [7, 11) is 0. The number of hydrogen-bond acceptors (Lipinski definition) is 13. The maximum absolute atomic E-state index is 11.4. The number of aliphatic hydroxyl groups is 8. The molecule has 2 heterocycles. The minimum Gasteiger partial charge on any atom is -0.477 e. The highest BCUT2D eigenvalue weighted by Crippen LogP contribution is 2.31. The Morgan fingerprint density at radius 2 is 1.78 bits per heavy atom. The Kier molecular flexibility index (Phi) is 8.88. The Labute approximate surface area is 181 Å². The molecule has 2 aliphatic rings. The monoisotopic (exact) mass is 471 g/mol. The number of ether oxygens (including phenoxy) is 3. The number of aliphatic carboxylic acids is 1. The number of carboxylic acids is 1. The summed E-state index contributed by atoms with van der Waals surface area (Å²) >= 11 is 0. The van der Waals surface area contributed by atoms with E-state index in [2.05, 4.69) is 5.32 Å². The van der Waals surface area contributed by atoms with Gasteiger partial charge in [-0.2, -0.15) is 0 Å². The van der Waals surface area contributed by atoms with Crippen molar-refractivity contribution in [3.8, 4) is 0 Å². The Morgan fingerprint density at radius 3 is 2.31 bits per heavy atom. The summed E-state index contributed by atoms with van der Waals surface area (Å²) in [6.45, 7) is -0.457. The SMILES string of the molecule is CC(=O)N[C@H]1[C@H]([C@H](O)[C@H](O)CO[C@@H]2O[C@H](CO)[C@H](O)[C@H](O)[C@H]2O)O[C@@](O)(C(=O)O)C[C@@H]1O. The van der Waals surface area contributed by atoms with Crippen molar-refractivity contribution >= 4 is 11.9 Å². The number of carboxylic acid groups (broad SMARTS) is 1. The molecule has 11 atom stereocenters. The molecule has 0 aromatic rings. The quantitative estimate of drug-likeness (QED) is 0.158. The van der Waals surface area contributed by atoms with Crippen molar-refractivity contribution in [2.75, 3.05) is 13.2 Å². The van der Waals surface area contributed by atoms with E-state index in [-0.39, 0.29) is 0 Å². The standard InChI is InChI=1S/C17H29NO14/c1-5(20)18-9-6(21)2-17(29,16(27)28)32-14(9)10(23)7(22)4-30-15-13(26)12(25)11(24)8(3-19)31-15/h6-15,19,21-26,29H,2-4H2,1H3,(H,18,20)(H,27,28)/t6-,7+,8+,9+,10+,11-,12-,13+,14+,15+,17+/m0/s1. The summed E-state index contributed by atoms with van der Waals surface area (Å²) < 4.78 is 15.2. The van der Waals surface area contributed by atoms with E-state index < -0.39 is 98.5 Å². The molecule has 186 valence electrons. The lowest BCUT2D eigenvalue weighted by Crippen LogP contribution is -2.67. The summed E-state index contributed by atoms with van der Waals surface area (Å²) in [5.74, 6) is -5.47. The number of carbonyl (C=O) groups excluding carboxylic acids is 1. The molecular weight excluding hydrogens is 442 g/mol. The molecule has 2 rings (SSSR count). The molecule has 15 nitrogen and oxygen atoms in total. The largest absolute Gasteiger partial charge is 0.477 e. The second kappa shape index (κ2) is 10.6. The van der Waals surface area contributed by atoms with Crippen molar-refractivity contribution in [2.24, 2.45) is 0 Å². The van der Waals surface area contributed by atoms with Crippen LogP contribution in [-0.4, -0.2) is 138 Å². The molecule has 15 heteroatoms. The summed E-state index contributed by atoms with van der Waals surface area (Å²) in [6, 6.07) is -1.41. The van der Waals surface area contributed by atoms with Crippen LogP contribution in [0.15, 0.2) is 0 Å². The maximum Gasteiger partial charge on any atom is 0.364 e. The van der Waals surface area contributed by atoms with Crippen LogP contribution < -0.4 is 5.32 Å². The fourth-order valence-electron chi connectivity index (χ4n) is 3.52. The van der Waals surface area contributed by atoms with Crippen molar-refractivity contribution in [1.29, 1.82) is 0 Å². The van der Waals surface area contributed by atoms with Crippen LogP contribution in [0.1, 0.15) is 13.3 Å². The lowest BCUT2D eigenvalue weighted by atomic mass is 9.88. The molecule has 0 spiro atoms. The van der Waals surface area contributed by atoms with Gasteiger partial charge >= 0.3 is 5.97 Å². The lowest BCUT2D eigenvalue weighted by molar-refractivity contribution is -0.313. The third kappa shape index (κ3) is 5.70. The molecule has 0 aromatic carbocycles. The molecule has 32 heavy (non-hydrogen) atoms. The van der Waals surface area contributed by atoms with Gasteiger partial charge in [0.1, 0.15) is 42.7 Å². The predicted molar refractivity (Wildman–Crippen MR) is 97.4 cm³/mol. The van der Waals surface area contributed by atoms with E-state index in [0.717, 1.165) is 6.92 Å². The minimum absolute atomic E-state index is 0.678. The lowest BCUT2D eigenvalue weighted by Gasteiger charge is -2.45. The predicted octanol–water partition coefficient (Wildman–Crippen LogP) is -6.05. The van der Waals surface area contributed by atoms with E-state index in [1.807, 2.05) is 0 Å². The van der Waals surface area contributed by atoms with Crippen LogP contribution in [0.4, 0.5) is 0 Å². The molecule has 0 saturated carbocycles. The number of hydrogen-bond donors (Lipinski definition) is 10. The number of amides is 1. The number of rotatable bonds is 8. The third-order valence-corrected chi connectivity index (χ3v) is 5.30. The Hall–Kier alpha value is -1.50. The van der Waals surface area contributed by atoms with E-state index in [1.54, 1.807) is 0 Å². The number of carbonyl (C=O) groups is 2. The summed E-state index contributed by atoms with van der Waals surface area (Å²) in [6.07, 6.45) is -16.3. The van der Waals surface area contributed by atoms with Crippen LogP contribution in [0.3, 0.4) is 0 Å². The van der Waals surface area contributed by atoms with Gasteiger partial charge in [-0.05, 0) is 0 Å². The number of aliphatic hydroxyl groups excluding tert-OH is 7. The highest BCUT2D eigenvalue weighted by atomic mass is 16.7. The van der Waals surface area contributed by atoms with E-state index >= 15 is 0 Å². The highest BCUT2D eigenvalue weighted by Gasteiger charge is 2.54. The molecule has 10 N–H and O–H groups in total. The third-order valence-electron chi connectivity index (χ3n) is 5.30. The highest BCUT2D eigenvalue weighted by molar-refractivity contribution is 5.76. The summed E-state index contributed by atoms with van der Waals surface area (Å²) in [5, 5.41) is 91.1. The van der Waals surface area contributed by atoms with Gasteiger partial charge in [0.25, 0.3) is 5.79 Å². The first-order valence-corrected chi connectivity index (χ1v) is 9.69. The molecule has 0 radical (unpaired) electrons. The molecule has 2 saturated heterocycles. The Bertz CT molecular complexity index is 663. The minimum atomic E-state index is -2.92. The van der Waals surface area contributed by atoms with E-state index in [1.165, 1.54) is 0 Å². The van der Waals surface area contributed by atoms with E-state index in [0.29, 0.717) is 0 Å². The fourth-order valence-corrected chi connectivity index (χ4v) is 3.52. The van der Waals surface area contributed by atoms with Gasteiger partial charge in [-0.1, -0.05) is 0 Å². The summed E-state index contributed by atoms with van der Waals surface area (Å²) in [4.78, 5) is 22.8. The zero-order valence-corrected chi connectivity index (χ0v) is 17.0. The molecular formula is C17H29NO14. The first-order chi connectivity index (χ1) is 14.8. The van der Waals surface area contributed by atoms with Crippen LogP contribution in [0.25, 0.3) is 0 Å². The second-order valence-corrected chi connectivity index (χ2v) is 7.76. The summed E-state index contributed by atoms with van der Waals surface area (Å²) in [5.41, 5.74) is 0. The molecule has 2 aliphatic heterocycles. The Morgan fingerprint density at radius 1 is 1.16 bits per heavy atom. The van der Waals surface area contributed by atoms with Gasteiger partial charge in [-0.15, -0.1) is 0 Å². The zero-order chi connectivity index (χ0) is 24.4. The average Bonchev–Trinajstić information content (AvgIpc) is 2.72. The zero-order valence-electron chi connectivity index (χ0n) is 17.0. The topological polar surface area (TPSA) is 256 Å². The first kappa shape index (κ1) is 26.7. The van der Waals surface area contributed by atoms with Crippen molar-refractivity contribution in [3.63, 3.8) is 0 Å². The molecule has 2 fully saturated rings. The van der Waals surface area contributed by atoms with Gasteiger partial charge in [0.15, 0.2) is 6.29 Å². The fraction of sp³-hybridized carbons (Fsp3) is 0.882. The van der Waals surface area contributed by atoms with Gasteiger partial charge in [0, 0.05) is 13.3 Å². The second-order valence-electron chi connectivity index (χ2n) is 7.76. The van der Waals surface area contributed by atoms with Crippen molar-refractivity contribution in [3.05, 3.63) is 0 Å². The molecule has 0 bridgehead atoms. The van der Waals surface area contributed by atoms with Gasteiger partial charge in [-0.3, -0.25) is 4.79 Å². The van der Waals surface area contributed by atoms with E-state index in [9.17, 15) is 45.3 Å². The van der Waals surface area contributed by atoms with Crippen molar-refractivity contribution in [2.45, 2.75) is 80.3 Å². The average molecular weight is 471 g/mol. The van der Waals surface area contributed by atoms with Gasteiger partial charge in [-0.25, -0.2) is 4.79 Å². The van der Waals surface area contributed by atoms with Crippen LogP contribution in [-0.2, 0) is 23.8 Å². The van der Waals surface area contributed by atoms with Crippen LogP contribution in [0.2, 0.25) is 0 Å². The molecule has 0 aromatic heterocycles. The van der Waals surface area contributed by atoms with Gasteiger partial charge in [0.05, 0.1) is 25.4 Å². The number of nitrogens with one attached hydrogen (secondary N) is 1.